The van der Waals surface area contributed by atoms with Crippen molar-refractivity contribution >= 4 is 18.1 Å². The van der Waals surface area contributed by atoms with Gasteiger partial charge in [0.05, 0.1) is 11.0 Å². The number of halogens is 2. The highest BCUT2D eigenvalue weighted by atomic mass is 35.5. The Bertz CT molecular complexity index is 460. The van der Waals surface area contributed by atoms with Crippen LogP contribution in [0.1, 0.15) is 32.4 Å². The molecule has 1 aromatic carbocycles. The molecule has 1 rings (SSSR count). The molecule has 1 aromatic rings. The molecular weight excluding hydrogens is 263 g/mol. The van der Waals surface area contributed by atoms with Crippen molar-refractivity contribution in [3.05, 3.63) is 33.6 Å². The van der Waals surface area contributed by atoms with Gasteiger partial charge in [-0.2, -0.15) is 0 Å². The van der Waals surface area contributed by atoms with Crippen molar-refractivity contribution in [3.63, 3.8) is 0 Å². The second-order valence-electron chi connectivity index (χ2n) is 4.96. The molecule has 0 unspecified atom stereocenters. The fourth-order valence-electron chi connectivity index (χ4n) is 1.45. The molecule has 0 heterocycles. The van der Waals surface area contributed by atoms with E-state index in [1.54, 1.807) is 20.8 Å². The van der Waals surface area contributed by atoms with E-state index in [4.69, 9.17) is 5.73 Å². The lowest BCUT2D eigenvalue weighted by Gasteiger charge is -2.27. The van der Waals surface area contributed by atoms with Crippen molar-refractivity contribution < 1.29 is 14.4 Å². The van der Waals surface area contributed by atoms with Crippen LogP contribution < -0.4 is 5.73 Å². The van der Waals surface area contributed by atoms with Crippen LogP contribution in [0, 0.1) is 21.3 Å². The molecular formula is C11H16ClFN2O3. The van der Waals surface area contributed by atoms with E-state index in [0.29, 0.717) is 6.07 Å². The number of hydrogen-bond acceptors (Lipinski definition) is 4. The Kier molecular flexibility index (Phi) is 5.07. The molecule has 0 spiro atoms. The molecule has 0 aromatic heterocycles. The van der Waals surface area contributed by atoms with Crippen LogP contribution in [0.4, 0.5) is 10.1 Å². The molecule has 0 aliphatic carbocycles. The highest BCUT2D eigenvalue weighted by Crippen LogP contribution is 2.40. The van der Waals surface area contributed by atoms with Gasteiger partial charge in [-0.1, -0.05) is 20.8 Å². The third kappa shape index (κ3) is 3.30. The summed E-state index contributed by atoms with van der Waals surface area (Å²) in [4.78, 5) is 9.80. The SMILES string of the molecule is CC(C)(C)[C@@H](N)c1cc(F)cc([N+](=O)[O-])c1O.Cl. The summed E-state index contributed by atoms with van der Waals surface area (Å²) in [6.45, 7) is 5.40. The summed E-state index contributed by atoms with van der Waals surface area (Å²) in [5.41, 5.74) is 4.79. The number of nitrogens with zero attached hydrogens (tertiary/aromatic N) is 1. The topological polar surface area (TPSA) is 89.4 Å². The standard InChI is InChI=1S/C11H15FN2O3.ClH/c1-11(2,3)10(13)7-4-6(12)5-8(9(7)15)14(16)17;/h4-5,10,15H,13H2,1-3H3;1H/t10-;/m0./s1. The second kappa shape index (κ2) is 5.49. The van der Waals surface area contributed by atoms with Crippen molar-refractivity contribution in [2.45, 2.75) is 26.8 Å². The van der Waals surface area contributed by atoms with E-state index < -0.39 is 33.6 Å². The van der Waals surface area contributed by atoms with E-state index in [0.717, 1.165) is 6.07 Å². The number of aromatic hydroxyl groups is 1. The Labute approximate surface area is 110 Å². The van der Waals surface area contributed by atoms with Gasteiger partial charge in [0.15, 0.2) is 5.75 Å². The van der Waals surface area contributed by atoms with E-state index in [9.17, 15) is 19.6 Å². The zero-order chi connectivity index (χ0) is 13.4. The van der Waals surface area contributed by atoms with Gasteiger partial charge >= 0.3 is 5.69 Å². The Balaban J connectivity index is 0.00000289. The number of hydrogen-bond donors (Lipinski definition) is 2. The molecule has 7 heteroatoms. The largest absolute Gasteiger partial charge is 0.502 e. The van der Waals surface area contributed by atoms with Crippen LogP contribution in [0.3, 0.4) is 0 Å². The zero-order valence-electron chi connectivity index (χ0n) is 10.3. The van der Waals surface area contributed by atoms with Crippen LogP contribution in [0.15, 0.2) is 12.1 Å². The van der Waals surface area contributed by atoms with Crippen LogP contribution in [-0.4, -0.2) is 10.0 Å². The maximum Gasteiger partial charge on any atom is 0.313 e. The Morgan fingerprint density at radius 3 is 2.33 bits per heavy atom. The molecule has 0 radical (unpaired) electrons. The van der Waals surface area contributed by atoms with Gasteiger partial charge in [-0.25, -0.2) is 4.39 Å². The molecule has 18 heavy (non-hydrogen) atoms. The number of nitro groups is 1. The lowest BCUT2D eigenvalue weighted by Crippen LogP contribution is -2.26. The van der Waals surface area contributed by atoms with Crippen LogP contribution in [0.5, 0.6) is 5.75 Å². The van der Waals surface area contributed by atoms with Gasteiger partial charge in [0.25, 0.3) is 0 Å². The molecule has 0 saturated carbocycles. The molecule has 0 aliphatic heterocycles. The van der Waals surface area contributed by atoms with E-state index in [2.05, 4.69) is 0 Å². The Morgan fingerprint density at radius 2 is 1.94 bits per heavy atom. The number of nitro benzene ring substituents is 1. The van der Waals surface area contributed by atoms with Crippen LogP contribution in [0.25, 0.3) is 0 Å². The predicted molar refractivity (Wildman–Crippen MR) is 68.4 cm³/mol. The molecule has 102 valence electrons. The van der Waals surface area contributed by atoms with Crippen LogP contribution in [-0.2, 0) is 0 Å². The quantitative estimate of drug-likeness (QED) is 0.643. The van der Waals surface area contributed by atoms with Gasteiger partial charge in [-0.15, -0.1) is 12.4 Å². The van der Waals surface area contributed by atoms with Gasteiger partial charge < -0.3 is 10.8 Å². The molecule has 0 aliphatic rings. The fraction of sp³-hybridized carbons (Fsp3) is 0.455. The van der Waals surface area contributed by atoms with Gasteiger partial charge in [-0.05, 0) is 11.5 Å². The second-order valence-corrected chi connectivity index (χ2v) is 4.96. The fourth-order valence-corrected chi connectivity index (χ4v) is 1.45. The third-order valence-corrected chi connectivity index (χ3v) is 2.55. The van der Waals surface area contributed by atoms with Gasteiger partial charge in [0.1, 0.15) is 5.82 Å². The first-order valence-corrected chi connectivity index (χ1v) is 5.07. The molecule has 0 saturated heterocycles. The Hall–Kier alpha value is -1.40. The molecule has 0 amide bonds. The molecule has 0 fully saturated rings. The van der Waals surface area contributed by atoms with Crippen molar-refractivity contribution in [1.29, 1.82) is 0 Å². The molecule has 5 nitrogen and oxygen atoms in total. The van der Waals surface area contributed by atoms with E-state index in [1.165, 1.54) is 0 Å². The van der Waals surface area contributed by atoms with Crippen LogP contribution in [0.2, 0.25) is 0 Å². The van der Waals surface area contributed by atoms with Crippen molar-refractivity contribution in [2.75, 3.05) is 0 Å². The number of benzene rings is 1. The minimum absolute atomic E-state index is 0. The van der Waals surface area contributed by atoms with Crippen molar-refractivity contribution in [3.8, 4) is 5.75 Å². The van der Waals surface area contributed by atoms with Gasteiger partial charge in [0.2, 0.25) is 0 Å². The average molecular weight is 279 g/mol. The molecule has 1 atom stereocenters. The highest BCUT2D eigenvalue weighted by Gasteiger charge is 2.29. The summed E-state index contributed by atoms with van der Waals surface area (Å²) in [6, 6.07) is 1.00. The van der Waals surface area contributed by atoms with Crippen LogP contribution >= 0.6 is 12.4 Å². The lowest BCUT2D eigenvalue weighted by atomic mass is 9.82. The first kappa shape index (κ1) is 16.6. The lowest BCUT2D eigenvalue weighted by molar-refractivity contribution is -0.386. The van der Waals surface area contributed by atoms with Crippen molar-refractivity contribution in [1.82, 2.24) is 0 Å². The zero-order valence-corrected chi connectivity index (χ0v) is 11.1. The first-order chi connectivity index (χ1) is 7.64. The maximum atomic E-state index is 13.2. The predicted octanol–water partition coefficient (Wildman–Crippen LogP) is 2.91. The monoisotopic (exact) mass is 278 g/mol. The summed E-state index contributed by atoms with van der Waals surface area (Å²) in [5.74, 6) is -1.36. The first-order valence-electron chi connectivity index (χ1n) is 5.07. The smallest absolute Gasteiger partial charge is 0.313 e. The highest BCUT2D eigenvalue weighted by molar-refractivity contribution is 5.85. The maximum absolute atomic E-state index is 13.2. The number of nitrogens with two attached hydrogens (primary N) is 1. The van der Waals surface area contributed by atoms with Gasteiger partial charge in [0, 0.05) is 11.6 Å². The van der Waals surface area contributed by atoms with E-state index in [1.807, 2.05) is 0 Å². The summed E-state index contributed by atoms with van der Waals surface area (Å²) in [6.07, 6.45) is 0. The summed E-state index contributed by atoms with van der Waals surface area (Å²) >= 11 is 0. The van der Waals surface area contributed by atoms with Gasteiger partial charge in [-0.3, -0.25) is 10.1 Å². The minimum Gasteiger partial charge on any atom is -0.502 e. The molecule has 3 N–H and O–H groups in total. The third-order valence-electron chi connectivity index (χ3n) is 2.55. The summed E-state index contributed by atoms with van der Waals surface area (Å²) < 4.78 is 13.2. The van der Waals surface area contributed by atoms with Crippen molar-refractivity contribution in [2.24, 2.45) is 11.1 Å². The van der Waals surface area contributed by atoms with E-state index >= 15 is 0 Å². The number of phenolic OH excluding ortho intramolecular Hbond substituents is 1. The summed E-state index contributed by atoms with van der Waals surface area (Å²) in [5, 5.41) is 20.4. The average Bonchev–Trinajstić information content (AvgIpc) is 2.18. The van der Waals surface area contributed by atoms with E-state index in [-0.39, 0.29) is 18.0 Å². The summed E-state index contributed by atoms with van der Waals surface area (Å²) in [7, 11) is 0. The number of rotatable bonds is 2. The Morgan fingerprint density at radius 1 is 1.44 bits per heavy atom. The molecule has 0 bridgehead atoms. The minimum atomic E-state index is -0.836. The normalized spacial score (nSPS) is 12.7. The number of phenols is 1.